The summed E-state index contributed by atoms with van der Waals surface area (Å²) in [5.74, 6) is -0.154. The lowest BCUT2D eigenvalue weighted by Gasteiger charge is -2.28. The van der Waals surface area contributed by atoms with Gasteiger partial charge in [0.25, 0.3) is 11.5 Å². The molecule has 0 radical (unpaired) electrons. The summed E-state index contributed by atoms with van der Waals surface area (Å²) in [6.07, 6.45) is 3.34. The first-order valence-electron chi connectivity index (χ1n) is 11.3. The van der Waals surface area contributed by atoms with Gasteiger partial charge in [0, 0.05) is 22.9 Å². The van der Waals surface area contributed by atoms with Crippen molar-refractivity contribution in [1.82, 2.24) is 25.1 Å². The van der Waals surface area contributed by atoms with Crippen LogP contribution in [0.5, 0.6) is 0 Å². The number of carbonyl (C=O) groups is 1. The van der Waals surface area contributed by atoms with Crippen molar-refractivity contribution < 1.29 is 4.79 Å². The smallest absolute Gasteiger partial charge is 0.255 e. The van der Waals surface area contributed by atoms with Crippen LogP contribution in [0.15, 0.2) is 53.5 Å². The number of nitrogens with zero attached hydrogens (tertiary/aromatic N) is 3. The lowest BCUT2D eigenvalue weighted by Crippen LogP contribution is -2.38. The Morgan fingerprint density at radius 1 is 1.15 bits per heavy atom. The van der Waals surface area contributed by atoms with E-state index in [1.807, 2.05) is 63.2 Å². The highest BCUT2D eigenvalue weighted by atomic mass is 16.2. The van der Waals surface area contributed by atoms with Crippen molar-refractivity contribution in [2.45, 2.75) is 53.1 Å². The molecule has 0 fully saturated rings. The Morgan fingerprint density at radius 3 is 2.61 bits per heavy atom. The molecular formula is C26H29N5O2. The number of benzene rings is 1. The third-order valence-electron chi connectivity index (χ3n) is 5.82. The fraction of sp³-hybridized carbons (Fsp3) is 0.308. The molecule has 0 aliphatic carbocycles. The minimum absolute atomic E-state index is 0.108. The summed E-state index contributed by atoms with van der Waals surface area (Å²) in [5.41, 5.74) is 5.01. The van der Waals surface area contributed by atoms with Crippen LogP contribution in [-0.2, 0) is 13.0 Å². The van der Waals surface area contributed by atoms with E-state index in [-0.39, 0.29) is 24.1 Å². The minimum atomic E-state index is -0.154. The lowest BCUT2D eigenvalue weighted by atomic mass is 10.0. The van der Waals surface area contributed by atoms with Gasteiger partial charge in [-0.1, -0.05) is 43.7 Å². The van der Waals surface area contributed by atoms with Gasteiger partial charge in [-0.05, 0) is 44.9 Å². The maximum absolute atomic E-state index is 13.9. The molecule has 33 heavy (non-hydrogen) atoms. The fourth-order valence-electron chi connectivity index (χ4n) is 4.13. The molecule has 0 aliphatic heterocycles. The van der Waals surface area contributed by atoms with Gasteiger partial charge >= 0.3 is 0 Å². The Balaban J connectivity index is 1.79. The van der Waals surface area contributed by atoms with Crippen LogP contribution in [0.1, 0.15) is 54.4 Å². The maximum atomic E-state index is 13.9. The fourth-order valence-corrected chi connectivity index (χ4v) is 4.13. The van der Waals surface area contributed by atoms with Crippen molar-refractivity contribution >= 4 is 16.9 Å². The van der Waals surface area contributed by atoms with Gasteiger partial charge in [-0.15, -0.1) is 0 Å². The average molecular weight is 444 g/mol. The van der Waals surface area contributed by atoms with Gasteiger partial charge in [0.2, 0.25) is 0 Å². The quantitative estimate of drug-likeness (QED) is 0.436. The van der Waals surface area contributed by atoms with E-state index < -0.39 is 0 Å². The predicted octanol–water partition coefficient (Wildman–Crippen LogP) is 4.62. The normalized spacial score (nSPS) is 11.3. The first kappa shape index (κ1) is 22.5. The molecule has 0 spiro atoms. The van der Waals surface area contributed by atoms with E-state index in [0.29, 0.717) is 27.9 Å². The first-order chi connectivity index (χ1) is 15.9. The lowest BCUT2D eigenvalue weighted by molar-refractivity contribution is 0.0691. The molecule has 0 unspecified atom stereocenters. The molecule has 170 valence electrons. The Hall–Kier alpha value is -3.74. The number of hydrogen-bond acceptors (Lipinski definition) is 4. The third-order valence-corrected chi connectivity index (χ3v) is 5.82. The van der Waals surface area contributed by atoms with Crippen LogP contribution in [0.2, 0.25) is 0 Å². The number of fused-ring (bicyclic) bond motifs is 1. The average Bonchev–Trinajstić information content (AvgIpc) is 3.27. The second-order valence-electron chi connectivity index (χ2n) is 8.62. The van der Waals surface area contributed by atoms with Crippen LogP contribution in [0.4, 0.5) is 0 Å². The minimum Gasteiger partial charge on any atom is -0.332 e. The molecule has 3 aromatic heterocycles. The number of carbonyl (C=O) groups excluding carboxylic acids is 1. The summed E-state index contributed by atoms with van der Waals surface area (Å²) in [6.45, 7) is 8.14. The van der Waals surface area contributed by atoms with Crippen LogP contribution < -0.4 is 5.56 Å². The molecule has 0 saturated carbocycles. The van der Waals surface area contributed by atoms with E-state index in [1.165, 1.54) is 0 Å². The van der Waals surface area contributed by atoms with Crippen LogP contribution in [0, 0.1) is 6.92 Å². The monoisotopic (exact) mass is 443 g/mol. The second-order valence-corrected chi connectivity index (χ2v) is 8.62. The number of pyridine rings is 2. The van der Waals surface area contributed by atoms with Gasteiger partial charge in [0.15, 0.2) is 5.65 Å². The molecule has 1 amide bonds. The Bertz CT molecular complexity index is 1340. The molecule has 2 N–H and O–H groups in total. The molecule has 0 bridgehead atoms. The molecule has 7 heteroatoms. The Kier molecular flexibility index (Phi) is 6.40. The van der Waals surface area contributed by atoms with Crippen molar-refractivity contribution in [2.24, 2.45) is 0 Å². The number of nitrogens with one attached hydrogen (secondary N) is 2. The summed E-state index contributed by atoms with van der Waals surface area (Å²) in [4.78, 5) is 36.0. The van der Waals surface area contributed by atoms with Gasteiger partial charge in [-0.2, -0.15) is 5.10 Å². The zero-order chi connectivity index (χ0) is 23.5. The van der Waals surface area contributed by atoms with E-state index in [4.69, 9.17) is 0 Å². The van der Waals surface area contributed by atoms with Crippen molar-refractivity contribution in [2.75, 3.05) is 0 Å². The van der Waals surface area contributed by atoms with E-state index >= 15 is 0 Å². The molecule has 0 atom stereocenters. The van der Waals surface area contributed by atoms with Crippen molar-refractivity contribution in [3.63, 3.8) is 0 Å². The standard InChI is InChI=1S/C26H29N5O2/c1-5-9-19-12-17(4)28-25(32)22(19)15-31(16(2)3)26(33)20-13-23(18-10-7-6-8-11-18)29-24-21(20)14-27-30-24/h6-8,10-14,16H,5,9,15H2,1-4H3,(H,28,32)(H,27,29,30). The van der Waals surface area contributed by atoms with E-state index in [9.17, 15) is 9.59 Å². The van der Waals surface area contributed by atoms with Gasteiger partial charge < -0.3 is 9.88 Å². The Labute approximate surface area is 192 Å². The van der Waals surface area contributed by atoms with Crippen molar-refractivity contribution in [3.05, 3.63) is 81.4 Å². The second kappa shape index (κ2) is 9.40. The van der Waals surface area contributed by atoms with Gasteiger partial charge in [0.05, 0.1) is 29.4 Å². The predicted molar refractivity (Wildman–Crippen MR) is 130 cm³/mol. The number of rotatable bonds is 7. The molecule has 1 aromatic carbocycles. The maximum Gasteiger partial charge on any atom is 0.255 e. The molecule has 0 aliphatic rings. The summed E-state index contributed by atoms with van der Waals surface area (Å²) < 4.78 is 0. The summed E-state index contributed by atoms with van der Waals surface area (Å²) in [5, 5.41) is 7.68. The van der Waals surface area contributed by atoms with Crippen LogP contribution in [0.25, 0.3) is 22.3 Å². The van der Waals surface area contributed by atoms with Crippen molar-refractivity contribution in [3.8, 4) is 11.3 Å². The molecule has 4 aromatic rings. The number of hydrogen-bond donors (Lipinski definition) is 2. The third kappa shape index (κ3) is 4.58. The molecule has 7 nitrogen and oxygen atoms in total. The number of amides is 1. The largest absolute Gasteiger partial charge is 0.332 e. The van der Waals surface area contributed by atoms with Crippen LogP contribution in [-0.4, -0.2) is 37.0 Å². The Morgan fingerprint density at radius 2 is 1.91 bits per heavy atom. The zero-order valence-corrected chi connectivity index (χ0v) is 19.5. The molecular weight excluding hydrogens is 414 g/mol. The highest BCUT2D eigenvalue weighted by Crippen LogP contribution is 2.26. The topological polar surface area (TPSA) is 94.7 Å². The zero-order valence-electron chi connectivity index (χ0n) is 19.5. The summed E-state index contributed by atoms with van der Waals surface area (Å²) >= 11 is 0. The number of aromatic amines is 2. The van der Waals surface area contributed by atoms with Crippen molar-refractivity contribution in [1.29, 1.82) is 0 Å². The van der Waals surface area contributed by atoms with Crippen LogP contribution in [0.3, 0.4) is 0 Å². The van der Waals surface area contributed by atoms with Gasteiger partial charge in [-0.3, -0.25) is 14.7 Å². The number of H-pyrrole nitrogens is 2. The SMILES string of the molecule is CCCc1cc(C)[nH]c(=O)c1CN(C(=O)c1cc(-c2ccccc2)nc2[nH]ncc12)C(C)C. The van der Waals surface area contributed by atoms with E-state index in [2.05, 4.69) is 27.1 Å². The summed E-state index contributed by atoms with van der Waals surface area (Å²) in [7, 11) is 0. The van der Waals surface area contributed by atoms with E-state index in [0.717, 1.165) is 29.7 Å². The molecule has 0 saturated heterocycles. The highest BCUT2D eigenvalue weighted by Gasteiger charge is 2.25. The highest BCUT2D eigenvalue weighted by molar-refractivity contribution is 6.06. The van der Waals surface area contributed by atoms with Crippen LogP contribution >= 0.6 is 0 Å². The van der Waals surface area contributed by atoms with Gasteiger partial charge in [0.1, 0.15) is 0 Å². The molecule has 3 heterocycles. The summed E-state index contributed by atoms with van der Waals surface area (Å²) in [6, 6.07) is 13.5. The number of aryl methyl sites for hydroxylation is 2. The molecule has 4 rings (SSSR count). The van der Waals surface area contributed by atoms with E-state index in [1.54, 1.807) is 11.1 Å². The number of aromatic nitrogens is 4. The first-order valence-corrected chi connectivity index (χ1v) is 11.3. The van der Waals surface area contributed by atoms with Gasteiger partial charge in [-0.25, -0.2) is 4.98 Å².